The van der Waals surface area contributed by atoms with Gasteiger partial charge in [0.05, 0.1) is 11.4 Å². The Labute approximate surface area is 212 Å². The third kappa shape index (κ3) is 4.93. The van der Waals surface area contributed by atoms with Crippen LogP contribution in [0.25, 0.3) is 0 Å². The van der Waals surface area contributed by atoms with Gasteiger partial charge < -0.3 is 14.4 Å². The zero-order valence-corrected chi connectivity index (χ0v) is 20.4. The van der Waals surface area contributed by atoms with E-state index in [1.807, 2.05) is 60.7 Å². The zero-order valence-electron chi connectivity index (χ0n) is 18.8. The number of thiocarbonyl (C=S) groups is 1. The molecule has 4 rings (SSSR count). The standard InChI is InChI=1S/C25H23ClN2O6S/c1-17(35)27(15-14-26)20-16-32-28(23(20)30)25(13-12-21(29)34-25)24(31)33-22(18-8-4-2-5-9-18)19-10-6-3-7-11-19/h2-11,14-15,20,22H,12-13,16H2,1H3/t20-,25?/m0/s1. The van der Waals surface area contributed by atoms with Gasteiger partial charge in [0, 0.05) is 18.2 Å². The van der Waals surface area contributed by atoms with Crippen LogP contribution in [-0.4, -0.2) is 51.2 Å². The monoisotopic (exact) mass is 514 g/mol. The van der Waals surface area contributed by atoms with Gasteiger partial charge in [-0.2, -0.15) is 5.06 Å². The number of nitrogens with zero attached hydrogens (tertiary/aromatic N) is 2. The van der Waals surface area contributed by atoms with Gasteiger partial charge in [-0.25, -0.2) is 4.79 Å². The quantitative estimate of drug-likeness (QED) is 0.407. The van der Waals surface area contributed by atoms with Crippen LogP contribution in [0.4, 0.5) is 0 Å². The number of hydrogen-bond donors (Lipinski definition) is 0. The molecular formula is C25H23ClN2O6S. The second-order valence-corrected chi connectivity index (χ2v) is 8.85. The minimum absolute atomic E-state index is 0.0776. The molecule has 0 aliphatic carbocycles. The van der Waals surface area contributed by atoms with E-state index in [1.165, 1.54) is 16.6 Å². The van der Waals surface area contributed by atoms with E-state index in [0.29, 0.717) is 16.1 Å². The number of hydrogen-bond acceptors (Lipinski definition) is 7. The molecule has 2 atom stereocenters. The molecule has 2 saturated heterocycles. The van der Waals surface area contributed by atoms with E-state index in [2.05, 4.69) is 0 Å². The first-order chi connectivity index (χ1) is 16.9. The molecular weight excluding hydrogens is 492 g/mol. The lowest BCUT2D eigenvalue weighted by atomic mass is 10.0. The maximum absolute atomic E-state index is 13.7. The normalized spacial score (nSPS) is 22.0. The smallest absolute Gasteiger partial charge is 0.376 e. The van der Waals surface area contributed by atoms with E-state index >= 15 is 0 Å². The number of hydroxylamine groups is 2. The Balaban J connectivity index is 1.66. The molecule has 0 bridgehead atoms. The molecule has 0 aromatic heterocycles. The molecule has 2 fully saturated rings. The molecule has 1 unspecified atom stereocenters. The Morgan fingerprint density at radius 1 is 1.17 bits per heavy atom. The molecule has 35 heavy (non-hydrogen) atoms. The summed E-state index contributed by atoms with van der Waals surface area (Å²) in [6.45, 7) is 1.51. The number of esters is 2. The molecule has 182 valence electrons. The fourth-order valence-electron chi connectivity index (χ4n) is 4.10. The summed E-state index contributed by atoms with van der Waals surface area (Å²) < 4.78 is 11.4. The Hall–Kier alpha value is -3.27. The number of amides is 1. The van der Waals surface area contributed by atoms with E-state index in [4.69, 9.17) is 38.1 Å². The van der Waals surface area contributed by atoms with Crippen molar-refractivity contribution < 1.29 is 28.7 Å². The fourth-order valence-corrected chi connectivity index (χ4v) is 4.41. The van der Waals surface area contributed by atoms with Crippen LogP contribution < -0.4 is 0 Å². The lowest BCUT2D eigenvalue weighted by Gasteiger charge is -2.34. The summed E-state index contributed by atoms with van der Waals surface area (Å²) in [6, 6.07) is 17.4. The Morgan fingerprint density at radius 2 is 1.77 bits per heavy atom. The zero-order chi connectivity index (χ0) is 25.0. The highest BCUT2D eigenvalue weighted by Crippen LogP contribution is 2.38. The molecule has 8 nitrogen and oxygen atoms in total. The third-order valence-corrected chi connectivity index (χ3v) is 6.11. The van der Waals surface area contributed by atoms with Gasteiger partial charge in [-0.1, -0.05) is 84.5 Å². The van der Waals surface area contributed by atoms with Crippen molar-refractivity contribution in [3.8, 4) is 0 Å². The number of benzene rings is 2. The summed E-state index contributed by atoms with van der Waals surface area (Å²) >= 11 is 10.9. The van der Waals surface area contributed by atoms with Crippen molar-refractivity contribution >= 4 is 46.7 Å². The van der Waals surface area contributed by atoms with Crippen LogP contribution in [0, 0.1) is 0 Å². The minimum Gasteiger partial charge on any atom is -0.448 e. The second-order valence-electron chi connectivity index (χ2n) is 8.01. The highest BCUT2D eigenvalue weighted by Gasteiger charge is 2.60. The predicted octanol–water partition coefficient (Wildman–Crippen LogP) is 3.85. The van der Waals surface area contributed by atoms with E-state index in [0.717, 1.165) is 5.06 Å². The molecule has 0 N–H and O–H groups in total. The maximum atomic E-state index is 13.7. The topological polar surface area (TPSA) is 85.4 Å². The first kappa shape index (κ1) is 24.8. The molecule has 2 heterocycles. The van der Waals surface area contributed by atoms with Crippen molar-refractivity contribution in [2.75, 3.05) is 6.61 Å². The molecule has 0 saturated carbocycles. The van der Waals surface area contributed by atoms with Gasteiger partial charge in [0.2, 0.25) is 0 Å². The fraction of sp³-hybridized carbons (Fsp3) is 0.280. The van der Waals surface area contributed by atoms with Crippen LogP contribution in [0.5, 0.6) is 0 Å². The molecule has 2 aliphatic heterocycles. The van der Waals surface area contributed by atoms with Gasteiger partial charge in [0.1, 0.15) is 12.6 Å². The summed E-state index contributed by atoms with van der Waals surface area (Å²) in [5, 5.41) is 0.811. The number of ether oxygens (including phenoxy) is 2. The number of carbonyl (C=O) groups excluding carboxylic acids is 3. The average molecular weight is 515 g/mol. The lowest BCUT2D eigenvalue weighted by Crippen LogP contribution is -2.57. The van der Waals surface area contributed by atoms with Crippen LogP contribution in [0.15, 0.2) is 72.4 Å². The van der Waals surface area contributed by atoms with Crippen LogP contribution in [0.1, 0.15) is 37.0 Å². The summed E-state index contributed by atoms with van der Waals surface area (Å²) in [5.74, 6) is -2.15. The lowest BCUT2D eigenvalue weighted by molar-refractivity contribution is -0.260. The predicted molar refractivity (Wildman–Crippen MR) is 131 cm³/mol. The molecule has 1 amide bonds. The van der Waals surface area contributed by atoms with Gasteiger partial charge in [0.25, 0.3) is 5.91 Å². The highest BCUT2D eigenvalue weighted by molar-refractivity contribution is 7.80. The van der Waals surface area contributed by atoms with Crippen LogP contribution in [0.2, 0.25) is 0 Å². The number of cyclic esters (lactones) is 1. The molecule has 2 aliphatic rings. The molecule has 2 aromatic rings. The number of halogens is 1. The molecule has 2 aromatic carbocycles. The minimum atomic E-state index is -2.06. The van der Waals surface area contributed by atoms with Crippen LogP contribution >= 0.6 is 23.8 Å². The molecule has 0 spiro atoms. The van der Waals surface area contributed by atoms with Gasteiger partial charge in [-0.15, -0.1) is 0 Å². The number of carbonyl (C=O) groups is 3. The van der Waals surface area contributed by atoms with Gasteiger partial charge in [-0.3, -0.25) is 14.4 Å². The molecule has 10 heteroatoms. The van der Waals surface area contributed by atoms with Crippen molar-refractivity contribution in [1.29, 1.82) is 0 Å². The van der Waals surface area contributed by atoms with Gasteiger partial charge in [0.15, 0.2) is 6.10 Å². The first-order valence-corrected chi connectivity index (χ1v) is 11.8. The largest absolute Gasteiger partial charge is 0.448 e. The highest BCUT2D eigenvalue weighted by atomic mass is 35.5. The maximum Gasteiger partial charge on any atom is 0.376 e. The van der Waals surface area contributed by atoms with Crippen molar-refractivity contribution in [3.63, 3.8) is 0 Å². The number of rotatable bonds is 7. The van der Waals surface area contributed by atoms with Crippen molar-refractivity contribution in [3.05, 3.63) is 83.5 Å². The summed E-state index contributed by atoms with van der Waals surface area (Å²) in [6.07, 6.45) is 0.451. The Morgan fingerprint density at radius 3 is 2.26 bits per heavy atom. The summed E-state index contributed by atoms with van der Waals surface area (Å²) in [7, 11) is 0. The van der Waals surface area contributed by atoms with Crippen LogP contribution in [0.3, 0.4) is 0 Å². The van der Waals surface area contributed by atoms with E-state index in [1.54, 1.807) is 6.92 Å². The first-order valence-electron chi connectivity index (χ1n) is 10.9. The second kappa shape index (κ2) is 10.6. The van der Waals surface area contributed by atoms with Gasteiger partial charge in [-0.05, 0) is 18.1 Å². The Kier molecular flexibility index (Phi) is 7.49. The van der Waals surface area contributed by atoms with Crippen molar-refractivity contribution in [1.82, 2.24) is 9.96 Å². The summed E-state index contributed by atoms with van der Waals surface area (Å²) in [4.78, 5) is 46.7. The van der Waals surface area contributed by atoms with Crippen molar-refractivity contribution in [2.45, 2.75) is 37.6 Å². The molecule has 0 radical (unpaired) electrons. The Bertz CT molecular complexity index is 1110. The van der Waals surface area contributed by atoms with E-state index in [9.17, 15) is 14.4 Å². The van der Waals surface area contributed by atoms with E-state index in [-0.39, 0.29) is 19.4 Å². The van der Waals surface area contributed by atoms with Crippen molar-refractivity contribution in [2.24, 2.45) is 0 Å². The third-order valence-electron chi connectivity index (χ3n) is 5.79. The van der Waals surface area contributed by atoms with Crippen LogP contribution in [-0.2, 0) is 28.7 Å². The average Bonchev–Trinajstić information content (AvgIpc) is 3.45. The SMILES string of the molecule is CC(=S)N(C=CCl)[C@H]1CON(C2(C(=O)OC(c3ccccc3)c3ccccc3)CCC(=O)O2)C1=O. The van der Waals surface area contributed by atoms with Gasteiger partial charge >= 0.3 is 17.7 Å². The van der Waals surface area contributed by atoms with E-state index < -0.39 is 35.7 Å². The summed E-state index contributed by atoms with van der Waals surface area (Å²) in [5.41, 5.74) is 0.590.